The van der Waals surface area contributed by atoms with Crippen LogP contribution in [0.4, 0.5) is 5.69 Å². The normalized spacial score (nSPS) is 23.2. The highest BCUT2D eigenvalue weighted by molar-refractivity contribution is 6.33. The van der Waals surface area contributed by atoms with Gasteiger partial charge in [0, 0.05) is 39.3 Å². The fraction of sp³-hybridized carbons (Fsp3) is 0.533. The van der Waals surface area contributed by atoms with E-state index in [1.54, 1.807) is 0 Å². The fourth-order valence-corrected chi connectivity index (χ4v) is 3.06. The first-order chi connectivity index (χ1) is 10.3. The van der Waals surface area contributed by atoms with E-state index in [-0.39, 0.29) is 12.0 Å². The Labute approximate surface area is 129 Å². The van der Waals surface area contributed by atoms with Gasteiger partial charge in [-0.05, 0) is 12.1 Å². The molecule has 5 nitrogen and oxygen atoms in total. The minimum absolute atomic E-state index is 0.0982. The van der Waals surface area contributed by atoms with Crippen LogP contribution in [0.25, 0.3) is 0 Å². The van der Waals surface area contributed by atoms with E-state index in [4.69, 9.17) is 16.3 Å². The molecule has 6 heteroatoms. The predicted octanol–water partition coefficient (Wildman–Crippen LogP) is 0.977. The first kappa shape index (κ1) is 14.6. The van der Waals surface area contributed by atoms with Gasteiger partial charge in [0.1, 0.15) is 6.10 Å². The molecule has 0 radical (unpaired) electrons. The van der Waals surface area contributed by atoms with Crippen molar-refractivity contribution in [2.75, 3.05) is 50.8 Å². The monoisotopic (exact) mass is 309 g/mol. The number of nitrogens with zero attached hydrogens (tertiary/aromatic N) is 2. The lowest BCUT2D eigenvalue weighted by Gasteiger charge is -2.38. The molecule has 0 aliphatic carbocycles. The quantitative estimate of drug-likeness (QED) is 0.884. The number of carbonyl (C=O) groups is 1. The number of hydrogen-bond donors (Lipinski definition) is 1. The van der Waals surface area contributed by atoms with Crippen LogP contribution in [-0.2, 0) is 9.53 Å². The van der Waals surface area contributed by atoms with Crippen LogP contribution in [-0.4, -0.2) is 62.8 Å². The van der Waals surface area contributed by atoms with Crippen molar-refractivity contribution >= 4 is 23.2 Å². The summed E-state index contributed by atoms with van der Waals surface area (Å²) in [6, 6.07) is 7.84. The molecule has 1 aromatic rings. The summed E-state index contributed by atoms with van der Waals surface area (Å²) in [5.41, 5.74) is 1.04. The summed E-state index contributed by atoms with van der Waals surface area (Å²) in [6.45, 7) is 5.07. The highest BCUT2D eigenvalue weighted by Crippen LogP contribution is 2.26. The molecule has 1 aromatic carbocycles. The third kappa shape index (κ3) is 3.31. The van der Waals surface area contributed by atoms with E-state index >= 15 is 0 Å². The summed E-state index contributed by atoms with van der Waals surface area (Å²) in [5, 5.41) is 3.96. The van der Waals surface area contributed by atoms with Crippen LogP contribution >= 0.6 is 11.6 Å². The molecule has 2 aliphatic heterocycles. The Bertz CT molecular complexity index is 497. The van der Waals surface area contributed by atoms with Crippen LogP contribution in [0, 0.1) is 0 Å². The van der Waals surface area contributed by atoms with E-state index < -0.39 is 0 Å². The number of hydrogen-bond acceptors (Lipinski definition) is 4. The van der Waals surface area contributed by atoms with Gasteiger partial charge in [0.2, 0.25) is 0 Å². The molecule has 1 amide bonds. The first-order valence-electron chi connectivity index (χ1n) is 7.36. The number of para-hydroxylation sites is 1. The molecule has 2 saturated heterocycles. The molecule has 1 atom stereocenters. The number of benzene rings is 1. The van der Waals surface area contributed by atoms with E-state index in [1.165, 1.54) is 0 Å². The lowest BCUT2D eigenvalue weighted by atomic mass is 10.2. The van der Waals surface area contributed by atoms with E-state index in [1.807, 2.05) is 29.2 Å². The topological polar surface area (TPSA) is 44.8 Å². The first-order valence-corrected chi connectivity index (χ1v) is 7.74. The average molecular weight is 310 g/mol. The summed E-state index contributed by atoms with van der Waals surface area (Å²) in [4.78, 5) is 16.5. The lowest BCUT2D eigenvalue weighted by Crippen LogP contribution is -2.55. The fourth-order valence-electron chi connectivity index (χ4n) is 2.80. The standard InChI is InChI=1S/C15H20ClN3O2/c16-12-3-1-2-4-13(12)18-6-8-19(9-7-18)15(20)14-11-17-5-10-21-14/h1-4,14,17H,5-11H2/t14-/m0/s1. The van der Waals surface area contributed by atoms with Crippen molar-refractivity contribution in [2.24, 2.45) is 0 Å². The summed E-state index contributed by atoms with van der Waals surface area (Å²) < 4.78 is 5.54. The van der Waals surface area contributed by atoms with Gasteiger partial charge < -0.3 is 19.9 Å². The van der Waals surface area contributed by atoms with Gasteiger partial charge in [-0.25, -0.2) is 0 Å². The zero-order valence-corrected chi connectivity index (χ0v) is 12.7. The summed E-state index contributed by atoms with van der Waals surface area (Å²) in [7, 11) is 0. The molecule has 2 fully saturated rings. The van der Waals surface area contributed by atoms with Crippen LogP contribution < -0.4 is 10.2 Å². The molecule has 0 bridgehead atoms. The Hall–Kier alpha value is -1.30. The number of piperazine rings is 1. The smallest absolute Gasteiger partial charge is 0.253 e. The van der Waals surface area contributed by atoms with E-state index in [2.05, 4.69) is 10.2 Å². The van der Waals surface area contributed by atoms with Crippen LogP contribution in [0.3, 0.4) is 0 Å². The summed E-state index contributed by atoms with van der Waals surface area (Å²) >= 11 is 6.23. The summed E-state index contributed by atoms with van der Waals surface area (Å²) in [6.07, 6.45) is -0.328. The summed E-state index contributed by atoms with van der Waals surface area (Å²) in [5.74, 6) is 0.0982. The zero-order chi connectivity index (χ0) is 14.7. The van der Waals surface area contributed by atoms with Gasteiger partial charge >= 0.3 is 0 Å². The third-order valence-electron chi connectivity index (χ3n) is 3.99. The maximum atomic E-state index is 12.4. The number of carbonyl (C=O) groups excluding carboxylic acids is 1. The third-order valence-corrected chi connectivity index (χ3v) is 4.31. The number of nitrogens with one attached hydrogen (secondary N) is 1. The van der Waals surface area contributed by atoms with Crippen molar-refractivity contribution in [3.8, 4) is 0 Å². The van der Waals surface area contributed by atoms with Crippen LogP contribution in [0.5, 0.6) is 0 Å². The molecule has 0 spiro atoms. The van der Waals surface area contributed by atoms with Crippen molar-refractivity contribution in [1.29, 1.82) is 0 Å². The lowest BCUT2D eigenvalue weighted by molar-refractivity contribution is -0.145. The van der Waals surface area contributed by atoms with Crippen LogP contribution in [0.15, 0.2) is 24.3 Å². The van der Waals surface area contributed by atoms with Gasteiger partial charge in [0.15, 0.2) is 0 Å². The molecule has 21 heavy (non-hydrogen) atoms. The Kier molecular flexibility index (Phi) is 4.63. The van der Waals surface area contributed by atoms with E-state index in [0.29, 0.717) is 26.2 Å². The van der Waals surface area contributed by atoms with Crippen molar-refractivity contribution in [1.82, 2.24) is 10.2 Å². The minimum atomic E-state index is -0.328. The number of morpholine rings is 1. The Balaban J connectivity index is 1.57. The Morgan fingerprint density at radius 3 is 2.67 bits per heavy atom. The van der Waals surface area contributed by atoms with Gasteiger partial charge in [0.05, 0.1) is 17.3 Å². The Morgan fingerprint density at radius 1 is 1.24 bits per heavy atom. The number of rotatable bonds is 2. The number of halogens is 1. The average Bonchev–Trinajstić information content (AvgIpc) is 2.56. The van der Waals surface area contributed by atoms with Crippen molar-refractivity contribution < 1.29 is 9.53 Å². The highest BCUT2D eigenvalue weighted by Gasteiger charge is 2.29. The second-order valence-electron chi connectivity index (χ2n) is 5.33. The minimum Gasteiger partial charge on any atom is -0.367 e. The maximum Gasteiger partial charge on any atom is 0.253 e. The highest BCUT2D eigenvalue weighted by atomic mass is 35.5. The zero-order valence-electron chi connectivity index (χ0n) is 11.9. The van der Waals surface area contributed by atoms with Crippen molar-refractivity contribution in [2.45, 2.75) is 6.10 Å². The molecule has 0 aromatic heterocycles. The molecule has 114 valence electrons. The molecule has 2 heterocycles. The van der Waals surface area contributed by atoms with Crippen LogP contribution in [0.2, 0.25) is 5.02 Å². The molecule has 3 rings (SSSR count). The van der Waals surface area contributed by atoms with Gasteiger partial charge in [-0.3, -0.25) is 4.79 Å². The van der Waals surface area contributed by atoms with E-state index in [0.717, 1.165) is 30.3 Å². The molecular weight excluding hydrogens is 290 g/mol. The largest absolute Gasteiger partial charge is 0.367 e. The molecule has 0 unspecified atom stereocenters. The molecular formula is C15H20ClN3O2. The SMILES string of the molecule is O=C([C@@H]1CNCCO1)N1CCN(c2ccccc2Cl)CC1. The molecule has 2 aliphatic rings. The van der Waals surface area contributed by atoms with Crippen molar-refractivity contribution in [3.63, 3.8) is 0 Å². The van der Waals surface area contributed by atoms with Crippen LogP contribution in [0.1, 0.15) is 0 Å². The van der Waals surface area contributed by atoms with Gasteiger partial charge in [-0.2, -0.15) is 0 Å². The van der Waals surface area contributed by atoms with Gasteiger partial charge in [-0.1, -0.05) is 23.7 Å². The number of ether oxygens (including phenoxy) is 1. The second kappa shape index (κ2) is 6.64. The molecule has 0 saturated carbocycles. The second-order valence-corrected chi connectivity index (χ2v) is 5.73. The van der Waals surface area contributed by atoms with Gasteiger partial charge in [0.25, 0.3) is 5.91 Å². The maximum absolute atomic E-state index is 12.4. The van der Waals surface area contributed by atoms with E-state index in [9.17, 15) is 4.79 Å². The van der Waals surface area contributed by atoms with Gasteiger partial charge in [-0.15, -0.1) is 0 Å². The molecule has 1 N–H and O–H groups in total. The van der Waals surface area contributed by atoms with Crippen molar-refractivity contribution in [3.05, 3.63) is 29.3 Å². The predicted molar refractivity (Wildman–Crippen MR) is 82.9 cm³/mol. The number of anilines is 1. The number of amides is 1. The Morgan fingerprint density at radius 2 is 2.00 bits per heavy atom.